The lowest BCUT2D eigenvalue weighted by Crippen LogP contribution is -2.41. The summed E-state index contributed by atoms with van der Waals surface area (Å²) in [6.45, 7) is 4.57. The second kappa shape index (κ2) is 9.92. The molecule has 1 aliphatic rings. The number of furan rings is 1. The number of nitrogens with one attached hydrogen (secondary N) is 3. The maximum absolute atomic E-state index is 11.9. The van der Waals surface area contributed by atoms with Gasteiger partial charge in [-0.3, -0.25) is 4.79 Å². The average Bonchev–Trinajstić information content (AvgIpc) is 3.22. The van der Waals surface area contributed by atoms with Crippen LogP contribution in [-0.2, 0) is 11.3 Å². The van der Waals surface area contributed by atoms with E-state index in [1.165, 1.54) is 25.7 Å². The Balaban J connectivity index is 1.63. The summed E-state index contributed by atoms with van der Waals surface area (Å²) >= 11 is 0. The second-order valence-electron chi connectivity index (χ2n) is 5.91. The Morgan fingerprint density at radius 2 is 2.04 bits per heavy atom. The third kappa shape index (κ3) is 6.76. The fourth-order valence-electron chi connectivity index (χ4n) is 2.83. The first kappa shape index (κ1) is 17.4. The van der Waals surface area contributed by atoms with Gasteiger partial charge in [0.05, 0.1) is 6.26 Å². The van der Waals surface area contributed by atoms with Gasteiger partial charge in [-0.15, -0.1) is 0 Å². The Kier molecular flexibility index (Phi) is 7.49. The van der Waals surface area contributed by atoms with Crippen molar-refractivity contribution in [2.75, 3.05) is 19.6 Å². The largest absolute Gasteiger partial charge is 0.467 e. The van der Waals surface area contributed by atoms with Gasteiger partial charge in [0, 0.05) is 26.1 Å². The number of carbonyl (C=O) groups is 1. The molecule has 0 aromatic carbocycles. The highest BCUT2D eigenvalue weighted by molar-refractivity contribution is 5.80. The summed E-state index contributed by atoms with van der Waals surface area (Å²) in [5.41, 5.74) is 0. The van der Waals surface area contributed by atoms with Crippen LogP contribution in [0.15, 0.2) is 27.8 Å². The molecule has 0 bridgehead atoms. The van der Waals surface area contributed by atoms with Gasteiger partial charge >= 0.3 is 0 Å². The molecule has 1 saturated carbocycles. The van der Waals surface area contributed by atoms with Crippen molar-refractivity contribution in [1.82, 2.24) is 16.0 Å². The van der Waals surface area contributed by atoms with Gasteiger partial charge in [0.1, 0.15) is 12.3 Å². The van der Waals surface area contributed by atoms with Crippen molar-refractivity contribution in [1.29, 1.82) is 0 Å². The molecule has 128 valence electrons. The van der Waals surface area contributed by atoms with E-state index in [-0.39, 0.29) is 5.91 Å². The van der Waals surface area contributed by atoms with Gasteiger partial charge in [0.2, 0.25) is 5.91 Å². The van der Waals surface area contributed by atoms with Crippen LogP contribution in [0.3, 0.4) is 0 Å². The third-order valence-electron chi connectivity index (χ3n) is 4.01. The van der Waals surface area contributed by atoms with E-state index in [1.807, 2.05) is 19.1 Å². The number of guanidine groups is 1. The summed E-state index contributed by atoms with van der Waals surface area (Å²) < 4.78 is 5.26. The number of rotatable bonds is 8. The summed E-state index contributed by atoms with van der Waals surface area (Å²) in [5.74, 6) is 2.31. The summed E-state index contributed by atoms with van der Waals surface area (Å²) in [7, 11) is 0. The minimum Gasteiger partial charge on any atom is -0.467 e. The molecule has 1 amide bonds. The van der Waals surface area contributed by atoms with Crippen LogP contribution in [0.1, 0.15) is 44.8 Å². The first-order valence-corrected chi connectivity index (χ1v) is 8.59. The molecular weight excluding hydrogens is 292 g/mol. The van der Waals surface area contributed by atoms with Gasteiger partial charge in [-0.1, -0.05) is 12.8 Å². The van der Waals surface area contributed by atoms with Crippen LogP contribution < -0.4 is 16.0 Å². The quantitative estimate of drug-likeness (QED) is 0.389. The number of aliphatic imine (C=N–C) groups is 1. The lowest BCUT2D eigenvalue weighted by Gasteiger charge is -2.12. The first-order chi connectivity index (χ1) is 11.3. The zero-order chi connectivity index (χ0) is 16.3. The van der Waals surface area contributed by atoms with E-state index >= 15 is 0 Å². The summed E-state index contributed by atoms with van der Waals surface area (Å²) in [4.78, 5) is 16.3. The van der Waals surface area contributed by atoms with Gasteiger partial charge in [-0.05, 0) is 37.8 Å². The maximum atomic E-state index is 11.9. The topological polar surface area (TPSA) is 78.7 Å². The predicted octanol–water partition coefficient (Wildman–Crippen LogP) is 2.03. The van der Waals surface area contributed by atoms with Crippen LogP contribution in [-0.4, -0.2) is 31.5 Å². The molecule has 0 spiro atoms. The fraction of sp³-hybridized carbons (Fsp3) is 0.647. The highest BCUT2D eigenvalue weighted by Gasteiger charge is 2.17. The molecule has 1 fully saturated rings. The smallest absolute Gasteiger partial charge is 0.220 e. The van der Waals surface area contributed by atoms with E-state index in [1.54, 1.807) is 6.26 Å². The lowest BCUT2D eigenvalue weighted by molar-refractivity contribution is -0.121. The molecule has 0 aliphatic heterocycles. The van der Waals surface area contributed by atoms with E-state index in [2.05, 4.69) is 20.9 Å². The molecule has 0 radical (unpaired) electrons. The Hall–Kier alpha value is -1.98. The number of carbonyl (C=O) groups excluding carboxylic acids is 1. The van der Waals surface area contributed by atoms with Crippen molar-refractivity contribution in [3.8, 4) is 0 Å². The molecule has 1 aromatic rings. The van der Waals surface area contributed by atoms with Crippen molar-refractivity contribution in [3.63, 3.8) is 0 Å². The molecule has 0 saturated heterocycles. The molecule has 0 unspecified atom stereocenters. The summed E-state index contributed by atoms with van der Waals surface area (Å²) in [6, 6.07) is 3.75. The average molecular weight is 320 g/mol. The van der Waals surface area contributed by atoms with E-state index in [4.69, 9.17) is 4.42 Å². The number of nitrogens with zero attached hydrogens (tertiary/aromatic N) is 1. The molecule has 1 aliphatic carbocycles. The normalized spacial score (nSPS) is 15.6. The molecule has 2 rings (SSSR count). The van der Waals surface area contributed by atoms with Gasteiger partial charge in [-0.25, -0.2) is 4.99 Å². The van der Waals surface area contributed by atoms with Crippen LogP contribution in [0, 0.1) is 5.92 Å². The highest BCUT2D eigenvalue weighted by Crippen LogP contribution is 2.27. The van der Waals surface area contributed by atoms with Crippen molar-refractivity contribution < 1.29 is 9.21 Å². The van der Waals surface area contributed by atoms with E-state index < -0.39 is 0 Å². The van der Waals surface area contributed by atoms with Crippen LogP contribution in [0.5, 0.6) is 0 Å². The molecular formula is C17H28N4O2. The standard InChI is InChI=1S/C17H28N4O2/c1-2-18-17(21-13-15-8-5-11-23-15)20-10-9-19-16(22)12-14-6-3-4-7-14/h5,8,11,14H,2-4,6-7,9-10,12-13H2,1H3,(H,19,22)(H2,18,20,21). The minimum absolute atomic E-state index is 0.163. The predicted molar refractivity (Wildman–Crippen MR) is 91.1 cm³/mol. The van der Waals surface area contributed by atoms with Crippen LogP contribution in [0.4, 0.5) is 0 Å². The van der Waals surface area contributed by atoms with Crippen molar-refractivity contribution in [3.05, 3.63) is 24.2 Å². The van der Waals surface area contributed by atoms with Crippen LogP contribution >= 0.6 is 0 Å². The molecule has 6 nitrogen and oxygen atoms in total. The zero-order valence-electron chi connectivity index (χ0n) is 13.9. The molecule has 0 atom stereocenters. The van der Waals surface area contributed by atoms with Crippen molar-refractivity contribution >= 4 is 11.9 Å². The van der Waals surface area contributed by atoms with Gasteiger partial charge in [0.25, 0.3) is 0 Å². The van der Waals surface area contributed by atoms with Crippen LogP contribution in [0.2, 0.25) is 0 Å². The Morgan fingerprint density at radius 3 is 2.74 bits per heavy atom. The molecule has 1 aromatic heterocycles. The van der Waals surface area contributed by atoms with E-state index in [0.717, 1.165) is 18.3 Å². The fourth-order valence-corrected chi connectivity index (χ4v) is 2.83. The molecule has 23 heavy (non-hydrogen) atoms. The van der Waals surface area contributed by atoms with Crippen LogP contribution in [0.25, 0.3) is 0 Å². The summed E-state index contributed by atoms with van der Waals surface area (Å²) in [5, 5.41) is 9.36. The SMILES string of the molecule is CCNC(=NCc1ccco1)NCCNC(=O)CC1CCCC1. The monoisotopic (exact) mass is 320 g/mol. The highest BCUT2D eigenvalue weighted by atomic mass is 16.3. The van der Waals surface area contributed by atoms with E-state index in [0.29, 0.717) is 32.0 Å². The second-order valence-corrected chi connectivity index (χ2v) is 5.91. The number of hydrogen-bond acceptors (Lipinski definition) is 3. The summed E-state index contributed by atoms with van der Waals surface area (Å²) in [6.07, 6.45) is 7.28. The number of hydrogen-bond donors (Lipinski definition) is 3. The van der Waals surface area contributed by atoms with Gasteiger partial charge in [-0.2, -0.15) is 0 Å². The van der Waals surface area contributed by atoms with Crippen molar-refractivity contribution in [2.24, 2.45) is 10.9 Å². The Labute approximate surface area is 138 Å². The number of amides is 1. The zero-order valence-corrected chi connectivity index (χ0v) is 13.9. The lowest BCUT2D eigenvalue weighted by atomic mass is 10.0. The molecule has 6 heteroatoms. The maximum Gasteiger partial charge on any atom is 0.220 e. The third-order valence-corrected chi connectivity index (χ3v) is 4.01. The van der Waals surface area contributed by atoms with Gasteiger partial charge < -0.3 is 20.4 Å². The van der Waals surface area contributed by atoms with Gasteiger partial charge in [0.15, 0.2) is 5.96 Å². The first-order valence-electron chi connectivity index (χ1n) is 8.59. The molecule has 3 N–H and O–H groups in total. The Bertz CT molecular complexity index is 479. The minimum atomic E-state index is 0.163. The Morgan fingerprint density at radius 1 is 1.26 bits per heavy atom. The van der Waals surface area contributed by atoms with E-state index in [9.17, 15) is 4.79 Å². The van der Waals surface area contributed by atoms with Crippen molar-refractivity contribution in [2.45, 2.75) is 45.6 Å². The molecule has 1 heterocycles.